The molecule has 1 N–H and O–H groups in total. The Hall–Kier alpha value is -3.59. The lowest BCUT2D eigenvalue weighted by Gasteiger charge is -2.12. The smallest absolute Gasteiger partial charge is 0.466 e. The molecule has 0 amide bonds. The van der Waals surface area contributed by atoms with Gasteiger partial charge in [0.15, 0.2) is 0 Å². The third kappa shape index (κ3) is 33.3. The van der Waals surface area contributed by atoms with E-state index < -0.39 is 31.7 Å². The van der Waals surface area contributed by atoms with Crippen molar-refractivity contribution in [2.24, 2.45) is 0 Å². The zero-order valence-electron chi connectivity index (χ0n) is 29.6. The van der Waals surface area contributed by atoms with Crippen molar-refractivity contribution in [1.29, 1.82) is 0 Å². The zero-order valence-corrected chi connectivity index (χ0v) is 30.5. The van der Waals surface area contributed by atoms with Gasteiger partial charge >= 0.3 is 43.6 Å². The fourth-order valence-electron chi connectivity index (χ4n) is 3.96. The van der Waals surface area contributed by atoms with Gasteiger partial charge in [-0.2, -0.15) is 0 Å². The average molecular weight is 751 g/mol. The second kappa shape index (κ2) is 32.3. The molecule has 0 saturated carbocycles. The first-order valence-corrected chi connectivity index (χ1v) is 18.8. The molecule has 0 rings (SSSR count). The van der Waals surface area contributed by atoms with Crippen LogP contribution in [0.5, 0.6) is 0 Å². The van der Waals surface area contributed by atoms with Gasteiger partial charge < -0.3 is 33.3 Å². The third-order valence-electron chi connectivity index (χ3n) is 6.65. The van der Waals surface area contributed by atoms with Crippen LogP contribution in [0.1, 0.15) is 103 Å². The maximum atomic E-state index is 12.0. The molecule has 0 unspecified atom stereocenters. The summed E-state index contributed by atoms with van der Waals surface area (Å²) in [5, 5.41) is 0. The van der Waals surface area contributed by atoms with E-state index in [1.807, 2.05) is 0 Å². The van der Waals surface area contributed by atoms with E-state index in [0.717, 1.165) is 12.2 Å². The molecule has 292 valence electrons. The van der Waals surface area contributed by atoms with E-state index >= 15 is 0 Å². The molecule has 0 aliphatic heterocycles. The molecular formula is C34H55O16P. The first-order valence-electron chi connectivity index (χ1n) is 17.3. The van der Waals surface area contributed by atoms with Gasteiger partial charge in [0.25, 0.3) is 0 Å². The minimum Gasteiger partial charge on any atom is -0.466 e. The summed E-state index contributed by atoms with van der Waals surface area (Å²) in [5.74, 6) is -2.64. The molecule has 17 heteroatoms. The Morgan fingerprint density at radius 1 is 0.412 bits per heavy atom. The highest BCUT2D eigenvalue weighted by atomic mass is 31.2. The molecule has 0 aromatic rings. The van der Waals surface area contributed by atoms with E-state index in [4.69, 9.17) is 37.5 Å². The van der Waals surface area contributed by atoms with Crippen LogP contribution in [0.15, 0.2) is 25.3 Å². The van der Waals surface area contributed by atoms with Gasteiger partial charge in [-0.05, 0) is 64.2 Å². The number of esters is 6. The molecule has 0 aromatic heterocycles. The normalized spacial score (nSPS) is 10.8. The lowest BCUT2D eigenvalue weighted by molar-refractivity contribution is -0.149. The number of ether oxygens (including phenoxy) is 6. The van der Waals surface area contributed by atoms with E-state index in [0.29, 0.717) is 77.0 Å². The topological polar surface area (TPSA) is 214 Å². The molecule has 0 aliphatic carbocycles. The Kier molecular flexibility index (Phi) is 30.1. The summed E-state index contributed by atoms with van der Waals surface area (Å²) in [6.07, 6.45) is 9.77. The Labute approximate surface area is 300 Å². The second-order valence-electron chi connectivity index (χ2n) is 11.0. The number of rotatable bonds is 34. The Morgan fingerprint density at radius 3 is 1.00 bits per heavy atom. The van der Waals surface area contributed by atoms with Crippen LogP contribution in [0.2, 0.25) is 0 Å². The minimum atomic E-state index is -4.20. The number of phosphoric ester groups is 1. The molecule has 0 saturated heterocycles. The van der Waals surface area contributed by atoms with Crippen LogP contribution in [0, 0.1) is 0 Å². The minimum absolute atomic E-state index is 0.00379. The van der Waals surface area contributed by atoms with Crippen molar-refractivity contribution in [3.8, 4) is 0 Å². The number of hydrogen-bond donors (Lipinski definition) is 1. The summed E-state index contributed by atoms with van der Waals surface area (Å²) < 4.78 is 51.5. The monoisotopic (exact) mass is 750 g/mol. The number of carbonyl (C=O) groups is 6. The van der Waals surface area contributed by atoms with Crippen LogP contribution in [0.3, 0.4) is 0 Å². The molecule has 0 aliphatic rings. The Balaban J connectivity index is 3.59. The predicted molar refractivity (Wildman–Crippen MR) is 182 cm³/mol. The largest absolute Gasteiger partial charge is 0.472 e. The van der Waals surface area contributed by atoms with E-state index in [2.05, 4.69) is 13.2 Å². The number of carbonyl (C=O) groups excluding carboxylic acids is 6. The van der Waals surface area contributed by atoms with Gasteiger partial charge in [0.1, 0.15) is 26.4 Å². The average Bonchev–Trinajstić information content (AvgIpc) is 3.10. The number of hydrogen-bond acceptors (Lipinski definition) is 15. The lowest BCUT2D eigenvalue weighted by Crippen LogP contribution is -2.12. The fourth-order valence-corrected chi connectivity index (χ4v) is 4.76. The number of unbranched alkanes of at least 4 members (excludes halogenated alkanes) is 8. The molecule has 51 heavy (non-hydrogen) atoms. The number of phosphoric acid groups is 1. The third-order valence-corrected chi connectivity index (χ3v) is 7.67. The SMILES string of the molecule is C=CC(=O)OCCOC(=O)CCCCCOC(=O)CCCCCOP(=O)(O)OCCCCCC(=O)OCCCCCC(=O)OCCOC(=O)C=C. The van der Waals surface area contributed by atoms with E-state index in [9.17, 15) is 38.2 Å². The molecular weight excluding hydrogens is 695 g/mol. The van der Waals surface area contributed by atoms with Crippen LogP contribution in [-0.4, -0.2) is 93.6 Å². The highest BCUT2D eigenvalue weighted by molar-refractivity contribution is 7.47. The van der Waals surface area contributed by atoms with Crippen LogP contribution >= 0.6 is 7.82 Å². The second-order valence-corrected chi connectivity index (χ2v) is 12.5. The summed E-state index contributed by atoms with van der Waals surface area (Å²) in [5.41, 5.74) is 0. The van der Waals surface area contributed by atoms with Crippen molar-refractivity contribution >= 4 is 43.6 Å². The van der Waals surface area contributed by atoms with Crippen molar-refractivity contribution in [3.63, 3.8) is 0 Å². The van der Waals surface area contributed by atoms with E-state index in [1.165, 1.54) is 0 Å². The van der Waals surface area contributed by atoms with Crippen molar-refractivity contribution in [2.45, 2.75) is 103 Å². The highest BCUT2D eigenvalue weighted by Crippen LogP contribution is 2.43. The van der Waals surface area contributed by atoms with Gasteiger partial charge in [0, 0.05) is 37.8 Å². The summed E-state index contributed by atoms with van der Waals surface area (Å²) in [4.78, 5) is 78.4. The van der Waals surface area contributed by atoms with Crippen molar-refractivity contribution < 1.29 is 75.7 Å². The van der Waals surface area contributed by atoms with E-state index in [1.54, 1.807) is 0 Å². The summed E-state index contributed by atoms with van der Waals surface area (Å²) in [7, 11) is -4.20. The molecule has 0 radical (unpaired) electrons. The fraction of sp³-hybridized carbons (Fsp3) is 0.706. The van der Waals surface area contributed by atoms with Gasteiger partial charge in [-0.3, -0.25) is 28.2 Å². The van der Waals surface area contributed by atoms with Crippen LogP contribution in [0.4, 0.5) is 0 Å². The lowest BCUT2D eigenvalue weighted by atomic mass is 10.2. The zero-order chi connectivity index (χ0) is 38.0. The van der Waals surface area contributed by atoms with Crippen molar-refractivity contribution in [2.75, 3.05) is 52.9 Å². The highest BCUT2D eigenvalue weighted by Gasteiger charge is 2.20. The van der Waals surface area contributed by atoms with Gasteiger partial charge in [0.2, 0.25) is 0 Å². The Bertz CT molecular complexity index is 1010. The van der Waals surface area contributed by atoms with Crippen LogP contribution < -0.4 is 0 Å². The van der Waals surface area contributed by atoms with Gasteiger partial charge in [-0.1, -0.05) is 26.0 Å². The van der Waals surface area contributed by atoms with Crippen LogP contribution in [0.25, 0.3) is 0 Å². The molecule has 0 bridgehead atoms. The quantitative estimate of drug-likeness (QED) is 0.0301. The summed E-state index contributed by atoms with van der Waals surface area (Å²) >= 11 is 0. The summed E-state index contributed by atoms with van der Waals surface area (Å²) in [6.45, 7) is 6.90. The van der Waals surface area contributed by atoms with Crippen molar-refractivity contribution in [3.05, 3.63) is 25.3 Å². The Morgan fingerprint density at radius 2 is 0.686 bits per heavy atom. The molecule has 0 atom stereocenters. The first-order chi connectivity index (χ1) is 24.5. The van der Waals surface area contributed by atoms with Crippen molar-refractivity contribution in [1.82, 2.24) is 0 Å². The van der Waals surface area contributed by atoms with Gasteiger partial charge in [-0.15, -0.1) is 0 Å². The van der Waals surface area contributed by atoms with Gasteiger partial charge in [-0.25, -0.2) is 14.2 Å². The molecule has 0 heterocycles. The predicted octanol–water partition coefficient (Wildman–Crippen LogP) is 4.99. The summed E-state index contributed by atoms with van der Waals surface area (Å²) in [6, 6.07) is 0. The van der Waals surface area contributed by atoms with E-state index in [-0.39, 0.29) is 90.5 Å². The maximum absolute atomic E-state index is 12.0. The van der Waals surface area contributed by atoms with Gasteiger partial charge in [0.05, 0.1) is 26.4 Å². The van der Waals surface area contributed by atoms with Crippen LogP contribution in [-0.2, 0) is 70.8 Å². The molecule has 0 aromatic carbocycles. The molecule has 0 fully saturated rings. The standard InChI is InChI=1S/C34H55O16P/c1-3-29(35)45-25-27-47-33(39)19-9-5-13-21-43-31(37)17-11-7-15-23-49-51(41,42)50-24-16-8-12-18-32(38)44-22-14-6-10-20-34(40)48-28-26-46-30(36)4-2/h3-4H,1-2,5-28H2,(H,41,42). The first kappa shape index (κ1) is 47.4. The molecule has 0 spiro atoms. The molecule has 16 nitrogen and oxygen atoms in total. The maximum Gasteiger partial charge on any atom is 0.472 e.